The first kappa shape index (κ1) is 10.5. The first-order valence-electron chi connectivity index (χ1n) is 6.30. The molecule has 3 saturated heterocycles. The van der Waals surface area contributed by atoms with Gasteiger partial charge in [-0.1, -0.05) is 0 Å². The largest absolute Gasteiger partial charge is 0.375 e. The predicted molar refractivity (Wildman–Crippen MR) is 60.0 cm³/mol. The van der Waals surface area contributed by atoms with E-state index in [2.05, 4.69) is 10.2 Å². The molecule has 0 aromatic carbocycles. The van der Waals surface area contributed by atoms with Gasteiger partial charge in [-0.15, -0.1) is 0 Å². The molecule has 2 bridgehead atoms. The molecule has 0 aromatic heterocycles. The van der Waals surface area contributed by atoms with Crippen LogP contribution in [0.5, 0.6) is 0 Å². The number of ether oxygens (including phenoxy) is 1. The van der Waals surface area contributed by atoms with E-state index in [4.69, 9.17) is 4.74 Å². The minimum absolute atomic E-state index is 0.183. The van der Waals surface area contributed by atoms with Crippen molar-refractivity contribution in [3.8, 4) is 0 Å². The van der Waals surface area contributed by atoms with Crippen LogP contribution >= 0.6 is 0 Å². The van der Waals surface area contributed by atoms with Crippen molar-refractivity contribution in [1.82, 2.24) is 10.2 Å². The fourth-order valence-electron chi connectivity index (χ4n) is 3.96. The van der Waals surface area contributed by atoms with Gasteiger partial charge < -0.3 is 15.0 Å². The van der Waals surface area contributed by atoms with Gasteiger partial charge in [0.1, 0.15) is 6.61 Å². The van der Waals surface area contributed by atoms with Gasteiger partial charge in [-0.05, 0) is 37.1 Å². The van der Waals surface area contributed by atoms with Crippen LogP contribution in [0.3, 0.4) is 0 Å². The highest BCUT2D eigenvalue weighted by Crippen LogP contribution is 2.44. The third-order valence-electron chi connectivity index (χ3n) is 4.66. The van der Waals surface area contributed by atoms with Crippen LogP contribution in [0, 0.1) is 17.8 Å². The van der Waals surface area contributed by atoms with E-state index in [1.54, 1.807) is 7.11 Å². The van der Waals surface area contributed by atoms with Crippen molar-refractivity contribution in [2.45, 2.75) is 18.9 Å². The molecule has 1 saturated carbocycles. The van der Waals surface area contributed by atoms with Gasteiger partial charge >= 0.3 is 0 Å². The van der Waals surface area contributed by atoms with Crippen LogP contribution in [0.25, 0.3) is 0 Å². The monoisotopic (exact) mass is 224 g/mol. The zero-order valence-electron chi connectivity index (χ0n) is 9.82. The Kier molecular flexibility index (Phi) is 2.64. The minimum Gasteiger partial charge on any atom is -0.375 e. The molecule has 4 nitrogen and oxygen atoms in total. The number of fused-ring (bicyclic) bond motifs is 2. The number of piperidine rings is 2. The maximum atomic E-state index is 12.0. The van der Waals surface area contributed by atoms with E-state index in [0.717, 1.165) is 31.5 Å². The van der Waals surface area contributed by atoms with Crippen molar-refractivity contribution in [3.63, 3.8) is 0 Å². The molecule has 1 N–H and O–H groups in total. The second-order valence-corrected chi connectivity index (χ2v) is 5.37. The standard InChI is InChI=1S/C12H20N2O2/c1-16-7-12(15)14-6-8-2-3-11(14)10-5-13-4-9(8)10/h8-11,13H,2-7H2,1H3/t8-,9+,10-,11+/m1/s1. The number of nitrogens with zero attached hydrogens (tertiary/aromatic N) is 1. The van der Waals surface area contributed by atoms with E-state index in [0.29, 0.717) is 12.0 Å². The number of carbonyl (C=O) groups is 1. The molecule has 1 amide bonds. The molecule has 4 fully saturated rings. The number of hydrogen-bond donors (Lipinski definition) is 1. The molecule has 90 valence electrons. The summed E-state index contributed by atoms with van der Waals surface area (Å²) in [4.78, 5) is 14.0. The first-order valence-corrected chi connectivity index (χ1v) is 6.30. The van der Waals surface area contributed by atoms with E-state index in [9.17, 15) is 4.79 Å². The molecule has 3 heterocycles. The molecule has 4 aliphatic rings. The van der Waals surface area contributed by atoms with Gasteiger partial charge in [-0.3, -0.25) is 4.79 Å². The predicted octanol–water partition coefficient (Wildman–Crippen LogP) is 0.0892. The second kappa shape index (κ2) is 4.00. The van der Waals surface area contributed by atoms with Crippen LogP contribution in [-0.2, 0) is 9.53 Å². The van der Waals surface area contributed by atoms with Crippen molar-refractivity contribution in [2.24, 2.45) is 17.8 Å². The Morgan fingerprint density at radius 1 is 1.38 bits per heavy atom. The highest BCUT2D eigenvalue weighted by atomic mass is 16.5. The van der Waals surface area contributed by atoms with E-state index < -0.39 is 0 Å². The molecule has 0 unspecified atom stereocenters. The number of carbonyl (C=O) groups excluding carboxylic acids is 1. The van der Waals surface area contributed by atoms with Gasteiger partial charge in [-0.25, -0.2) is 0 Å². The lowest BCUT2D eigenvalue weighted by Gasteiger charge is -2.52. The van der Waals surface area contributed by atoms with Gasteiger partial charge in [0.25, 0.3) is 0 Å². The molecule has 4 rings (SSSR count). The summed E-state index contributed by atoms with van der Waals surface area (Å²) in [5, 5.41) is 3.49. The van der Waals surface area contributed by atoms with E-state index in [-0.39, 0.29) is 12.5 Å². The molecule has 0 aromatic rings. The fourth-order valence-corrected chi connectivity index (χ4v) is 3.96. The van der Waals surface area contributed by atoms with E-state index in [1.807, 2.05) is 0 Å². The van der Waals surface area contributed by atoms with Gasteiger partial charge in [0.2, 0.25) is 5.91 Å². The summed E-state index contributed by atoms with van der Waals surface area (Å²) < 4.78 is 4.97. The average molecular weight is 224 g/mol. The van der Waals surface area contributed by atoms with Gasteiger partial charge in [0, 0.05) is 26.2 Å². The molecule has 0 spiro atoms. The van der Waals surface area contributed by atoms with Crippen molar-refractivity contribution in [1.29, 1.82) is 0 Å². The topological polar surface area (TPSA) is 41.6 Å². The lowest BCUT2D eigenvalue weighted by molar-refractivity contribution is -0.147. The first-order chi connectivity index (χ1) is 7.81. The molecule has 4 atom stereocenters. The lowest BCUT2D eigenvalue weighted by atomic mass is 9.66. The van der Waals surface area contributed by atoms with E-state index >= 15 is 0 Å². The Morgan fingerprint density at radius 2 is 2.19 bits per heavy atom. The number of hydrogen-bond acceptors (Lipinski definition) is 3. The molecule has 0 radical (unpaired) electrons. The Bertz CT molecular complexity index is 295. The SMILES string of the molecule is COCC(=O)N1C[C@H]2CC[C@H]1[C@@H]1CNC[C@@H]21. The van der Waals surface area contributed by atoms with Crippen molar-refractivity contribution in [2.75, 3.05) is 33.4 Å². The summed E-state index contributed by atoms with van der Waals surface area (Å²) in [5.41, 5.74) is 0. The Hall–Kier alpha value is -0.610. The number of rotatable bonds is 2. The van der Waals surface area contributed by atoms with Gasteiger partial charge in [0.05, 0.1) is 0 Å². The quantitative estimate of drug-likeness (QED) is 0.723. The Balaban J connectivity index is 1.77. The summed E-state index contributed by atoms with van der Waals surface area (Å²) in [5.74, 6) is 2.44. The Labute approximate surface area is 96.3 Å². The van der Waals surface area contributed by atoms with Crippen molar-refractivity contribution < 1.29 is 9.53 Å². The molecular formula is C12H20N2O2. The second-order valence-electron chi connectivity index (χ2n) is 5.37. The van der Waals surface area contributed by atoms with Crippen molar-refractivity contribution in [3.05, 3.63) is 0 Å². The molecule has 16 heavy (non-hydrogen) atoms. The number of nitrogens with one attached hydrogen (secondary N) is 1. The van der Waals surface area contributed by atoms with Crippen LogP contribution in [-0.4, -0.2) is 50.2 Å². The smallest absolute Gasteiger partial charge is 0.248 e. The fraction of sp³-hybridized carbons (Fsp3) is 0.917. The van der Waals surface area contributed by atoms with Gasteiger partial charge in [-0.2, -0.15) is 0 Å². The maximum absolute atomic E-state index is 12.0. The summed E-state index contributed by atoms with van der Waals surface area (Å²) >= 11 is 0. The number of amides is 1. The molecular weight excluding hydrogens is 204 g/mol. The van der Waals surface area contributed by atoms with Crippen LogP contribution in [0.15, 0.2) is 0 Å². The summed E-state index contributed by atoms with van der Waals surface area (Å²) in [6, 6.07) is 0.479. The van der Waals surface area contributed by atoms with Crippen LogP contribution in [0.4, 0.5) is 0 Å². The Morgan fingerprint density at radius 3 is 3.00 bits per heavy atom. The highest BCUT2D eigenvalue weighted by Gasteiger charge is 2.50. The van der Waals surface area contributed by atoms with Gasteiger partial charge in [0.15, 0.2) is 0 Å². The highest BCUT2D eigenvalue weighted by molar-refractivity contribution is 5.78. The summed E-state index contributed by atoms with van der Waals surface area (Å²) in [6.07, 6.45) is 2.51. The van der Waals surface area contributed by atoms with E-state index in [1.165, 1.54) is 12.8 Å². The average Bonchev–Trinajstić information content (AvgIpc) is 2.80. The van der Waals surface area contributed by atoms with Crippen LogP contribution in [0.1, 0.15) is 12.8 Å². The summed E-state index contributed by atoms with van der Waals surface area (Å²) in [7, 11) is 1.60. The number of methoxy groups -OCH3 is 1. The molecule has 1 aliphatic carbocycles. The third-order valence-corrected chi connectivity index (χ3v) is 4.66. The third kappa shape index (κ3) is 1.47. The van der Waals surface area contributed by atoms with Crippen molar-refractivity contribution >= 4 is 5.91 Å². The zero-order valence-corrected chi connectivity index (χ0v) is 9.82. The lowest BCUT2D eigenvalue weighted by Crippen LogP contribution is -2.59. The normalized spacial score (nSPS) is 41.2. The molecule has 4 heteroatoms. The van der Waals surface area contributed by atoms with Crippen LogP contribution < -0.4 is 5.32 Å². The minimum atomic E-state index is 0.183. The molecule has 3 aliphatic heterocycles. The maximum Gasteiger partial charge on any atom is 0.248 e. The zero-order chi connectivity index (χ0) is 11.1. The summed E-state index contributed by atoms with van der Waals surface area (Å²) in [6.45, 7) is 3.48. The van der Waals surface area contributed by atoms with Crippen LogP contribution in [0.2, 0.25) is 0 Å².